The summed E-state index contributed by atoms with van der Waals surface area (Å²) in [6.07, 6.45) is 3.93. The van der Waals surface area contributed by atoms with Gasteiger partial charge in [-0.25, -0.2) is 0 Å². The minimum atomic E-state index is 0.534. The number of hydrogen-bond acceptors (Lipinski definition) is 5. The number of nitrogens with zero attached hydrogens (tertiary/aromatic N) is 1. The van der Waals surface area contributed by atoms with Gasteiger partial charge in [0.2, 0.25) is 5.75 Å². The Labute approximate surface area is 138 Å². The molecular weight excluding hydrogens is 292 g/mol. The van der Waals surface area contributed by atoms with Gasteiger partial charge in [-0.2, -0.15) is 0 Å². The minimum absolute atomic E-state index is 0.534. The molecule has 0 aromatic heterocycles. The van der Waals surface area contributed by atoms with Crippen molar-refractivity contribution in [2.75, 3.05) is 47.5 Å². The maximum Gasteiger partial charge on any atom is 0.203 e. The SMILES string of the molecule is COc1cc(CN2CCC3(CCNCC3)C2)cc(OC)c1OC. The monoisotopic (exact) mass is 320 g/mol. The topological polar surface area (TPSA) is 43.0 Å². The van der Waals surface area contributed by atoms with Crippen LogP contribution in [0.1, 0.15) is 24.8 Å². The Hall–Kier alpha value is -1.46. The fourth-order valence-corrected chi connectivity index (χ4v) is 4.01. The zero-order chi connectivity index (χ0) is 16.3. The average Bonchev–Trinajstić information content (AvgIpc) is 2.96. The number of benzene rings is 1. The van der Waals surface area contributed by atoms with E-state index in [0.29, 0.717) is 11.2 Å². The number of likely N-dealkylation sites (tertiary alicyclic amines) is 1. The first-order valence-electron chi connectivity index (χ1n) is 8.42. The predicted molar refractivity (Wildman–Crippen MR) is 90.5 cm³/mol. The van der Waals surface area contributed by atoms with Crippen molar-refractivity contribution in [2.24, 2.45) is 5.41 Å². The Kier molecular flexibility index (Phi) is 4.97. The molecule has 0 unspecified atom stereocenters. The van der Waals surface area contributed by atoms with Crippen molar-refractivity contribution >= 4 is 0 Å². The summed E-state index contributed by atoms with van der Waals surface area (Å²) in [5.41, 5.74) is 1.75. The molecule has 5 heteroatoms. The Morgan fingerprint density at radius 2 is 1.65 bits per heavy atom. The summed E-state index contributed by atoms with van der Waals surface area (Å²) in [5, 5.41) is 3.48. The van der Waals surface area contributed by atoms with Crippen molar-refractivity contribution in [3.05, 3.63) is 17.7 Å². The molecule has 0 amide bonds. The second-order valence-electron chi connectivity index (χ2n) is 6.74. The molecule has 5 nitrogen and oxygen atoms in total. The van der Waals surface area contributed by atoms with E-state index in [2.05, 4.69) is 22.3 Å². The summed E-state index contributed by atoms with van der Waals surface area (Å²) in [7, 11) is 4.98. The van der Waals surface area contributed by atoms with Crippen molar-refractivity contribution in [1.29, 1.82) is 0 Å². The summed E-state index contributed by atoms with van der Waals surface area (Å²) >= 11 is 0. The largest absolute Gasteiger partial charge is 0.493 e. The summed E-state index contributed by atoms with van der Waals surface area (Å²) in [6.45, 7) is 5.64. The standard InChI is InChI=1S/C18H28N2O3/c1-21-15-10-14(11-16(22-2)17(15)23-3)12-20-9-6-18(13-20)4-7-19-8-5-18/h10-11,19H,4-9,12-13H2,1-3H3. The molecule has 0 bridgehead atoms. The molecule has 1 aromatic rings. The van der Waals surface area contributed by atoms with Crippen LogP contribution < -0.4 is 19.5 Å². The molecule has 0 aliphatic carbocycles. The molecule has 2 fully saturated rings. The third-order valence-corrected chi connectivity index (χ3v) is 5.31. The third kappa shape index (κ3) is 3.40. The molecular formula is C18H28N2O3. The lowest BCUT2D eigenvalue weighted by Gasteiger charge is -2.34. The Balaban J connectivity index is 1.73. The van der Waals surface area contributed by atoms with Gasteiger partial charge in [0.25, 0.3) is 0 Å². The van der Waals surface area contributed by atoms with Crippen molar-refractivity contribution in [1.82, 2.24) is 10.2 Å². The number of ether oxygens (including phenoxy) is 3. The second kappa shape index (κ2) is 6.97. The Bertz CT molecular complexity index is 516. The Morgan fingerprint density at radius 1 is 1.00 bits per heavy atom. The highest BCUT2D eigenvalue weighted by Crippen LogP contribution is 2.41. The van der Waals surface area contributed by atoms with Crippen molar-refractivity contribution in [2.45, 2.75) is 25.8 Å². The van der Waals surface area contributed by atoms with Gasteiger partial charge >= 0.3 is 0 Å². The van der Waals surface area contributed by atoms with Crippen LogP contribution in [0, 0.1) is 5.41 Å². The van der Waals surface area contributed by atoms with Gasteiger partial charge in [0.05, 0.1) is 21.3 Å². The van der Waals surface area contributed by atoms with Gasteiger partial charge < -0.3 is 19.5 Å². The summed E-state index contributed by atoms with van der Waals surface area (Å²) in [4.78, 5) is 2.56. The predicted octanol–water partition coefficient (Wildman–Crippen LogP) is 2.29. The van der Waals surface area contributed by atoms with Crippen LogP contribution >= 0.6 is 0 Å². The van der Waals surface area contributed by atoms with Crippen LogP contribution in [0.4, 0.5) is 0 Å². The van der Waals surface area contributed by atoms with Gasteiger partial charge in [-0.15, -0.1) is 0 Å². The van der Waals surface area contributed by atoms with E-state index in [1.807, 2.05) is 0 Å². The van der Waals surface area contributed by atoms with E-state index in [-0.39, 0.29) is 0 Å². The van der Waals surface area contributed by atoms with Gasteiger partial charge in [-0.1, -0.05) is 0 Å². The molecule has 0 radical (unpaired) electrons. The quantitative estimate of drug-likeness (QED) is 0.902. The van der Waals surface area contributed by atoms with Crippen LogP contribution in [-0.4, -0.2) is 52.4 Å². The highest BCUT2D eigenvalue weighted by atomic mass is 16.5. The summed E-state index contributed by atoms with van der Waals surface area (Å²) < 4.78 is 16.3. The van der Waals surface area contributed by atoms with Crippen LogP contribution in [0.3, 0.4) is 0 Å². The van der Waals surface area contributed by atoms with Gasteiger partial charge in [0.1, 0.15) is 0 Å². The van der Waals surface area contributed by atoms with E-state index in [1.165, 1.54) is 37.9 Å². The molecule has 1 spiro atoms. The number of nitrogens with one attached hydrogen (secondary N) is 1. The van der Waals surface area contributed by atoms with Gasteiger partial charge in [0.15, 0.2) is 11.5 Å². The van der Waals surface area contributed by atoms with Crippen molar-refractivity contribution < 1.29 is 14.2 Å². The normalized spacial score (nSPS) is 20.7. The van der Waals surface area contributed by atoms with Crippen LogP contribution in [0.25, 0.3) is 0 Å². The number of methoxy groups -OCH3 is 3. The molecule has 0 saturated carbocycles. The van der Waals surface area contributed by atoms with Crippen LogP contribution in [0.5, 0.6) is 17.2 Å². The fourth-order valence-electron chi connectivity index (χ4n) is 4.01. The van der Waals surface area contributed by atoms with E-state index >= 15 is 0 Å². The molecule has 3 rings (SSSR count). The lowest BCUT2D eigenvalue weighted by molar-refractivity contribution is 0.194. The molecule has 1 N–H and O–H groups in total. The van der Waals surface area contributed by atoms with Crippen LogP contribution in [0.15, 0.2) is 12.1 Å². The third-order valence-electron chi connectivity index (χ3n) is 5.31. The van der Waals surface area contributed by atoms with Crippen molar-refractivity contribution in [3.63, 3.8) is 0 Å². The van der Waals surface area contributed by atoms with Crippen LogP contribution in [-0.2, 0) is 6.54 Å². The first-order chi connectivity index (χ1) is 11.2. The number of piperidine rings is 1. The highest BCUT2D eigenvalue weighted by Gasteiger charge is 2.38. The molecule has 2 aliphatic rings. The van der Waals surface area contributed by atoms with Gasteiger partial charge in [-0.3, -0.25) is 4.90 Å². The minimum Gasteiger partial charge on any atom is -0.493 e. The van der Waals surface area contributed by atoms with Crippen LogP contribution in [0.2, 0.25) is 0 Å². The molecule has 23 heavy (non-hydrogen) atoms. The Morgan fingerprint density at radius 3 is 2.22 bits per heavy atom. The fraction of sp³-hybridized carbons (Fsp3) is 0.667. The molecule has 2 saturated heterocycles. The maximum absolute atomic E-state index is 5.46. The highest BCUT2D eigenvalue weighted by molar-refractivity contribution is 5.53. The van der Waals surface area contributed by atoms with Gasteiger partial charge in [0, 0.05) is 13.1 Å². The first-order valence-corrected chi connectivity index (χ1v) is 8.42. The molecule has 0 atom stereocenters. The average molecular weight is 320 g/mol. The molecule has 1 aromatic carbocycles. The van der Waals surface area contributed by atoms with Gasteiger partial charge in [-0.05, 0) is 62.0 Å². The number of hydrogen-bond donors (Lipinski definition) is 1. The zero-order valence-electron chi connectivity index (χ0n) is 14.5. The molecule has 2 aliphatic heterocycles. The van der Waals surface area contributed by atoms with E-state index in [4.69, 9.17) is 14.2 Å². The molecule has 2 heterocycles. The van der Waals surface area contributed by atoms with E-state index in [1.54, 1.807) is 21.3 Å². The van der Waals surface area contributed by atoms with E-state index in [9.17, 15) is 0 Å². The maximum atomic E-state index is 5.46. The first kappa shape index (κ1) is 16.4. The van der Waals surface area contributed by atoms with E-state index < -0.39 is 0 Å². The lowest BCUT2D eigenvalue weighted by Crippen LogP contribution is -2.38. The number of rotatable bonds is 5. The smallest absolute Gasteiger partial charge is 0.203 e. The lowest BCUT2D eigenvalue weighted by atomic mass is 9.78. The molecule has 128 valence electrons. The summed E-state index contributed by atoms with van der Waals surface area (Å²) in [5.74, 6) is 2.13. The van der Waals surface area contributed by atoms with Crippen molar-refractivity contribution in [3.8, 4) is 17.2 Å². The zero-order valence-corrected chi connectivity index (χ0v) is 14.5. The summed E-state index contributed by atoms with van der Waals surface area (Å²) in [6, 6.07) is 4.13. The second-order valence-corrected chi connectivity index (χ2v) is 6.74. The van der Waals surface area contributed by atoms with E-state index in [0.717, 1.165) is 31.1 Å².